The molecule has 0 saturated heterocycles. The van der Waals surface area contributed by atoms with Crippen molar-refractivity contribution in [2.24, 2.45) is 16.7 Å². The summed E-state index contributed by atoms with van der Waals surface area (Å²) < 4.78 is 0. The van der Waals surface area contributed by atoms with Gasteiger partial charge in [0, 0.05) is 0 Å². The summed E-state index contributed by atoms with van der Waals surface area (Å²) in [6, 6.07) is 0. The third kappa shape index (κ3) is 1.87. The number of aliphatic carboxylic acids is 3. The SMILES string of the molecule is CC1(C(=O)O)CCC(C(=O)O)CC1(C)C(=O)O. The highest BCUT2D eigenvalue weighted by molar-refractivity contribution is 5.87. The Morgan fingerprint density at radius 3 is 1.82 bits per heavy atom. The predicted molar refractivity (Wildman–Crippen MR) is 56.5 cm³/mol. The molecular formula is C11H16O6. The Morgan fingerprint density at radius 1 is 1.00 bits per heavy atom. The molecule has 1 aliphatic carbocycles. The van der Waals surface area contributed by atoms with Crippen molar-refractivity contribution in [3.05, 3.63) is 0 Å². The fraction of sp³-hybridized carbons (Fsp3) is 0.727. The smallest absolute Gasteiger partial charge is 0.310 e. The molecule has 96 valence electrons. The summed E-state index contributed by atoms with van der Waals surface area (Å²) >= 11 is 0. The monoisotopic (exact) mass is 244 g/mol. The van der Waals surface area contributed by atoms with Crippen molar-refractivity contribution >= 4 is 17.9 Å². The number of hydrogen-bond donors (Lipinski definition) is 3. The van der Waals surface area contributed by atoms with Crippen LogP contribution >= 0.6 is 0 Å². The molecule has 3 unspecified atom stereocenters. The number of carboxylic acid groups (broad SMARTS) is 3. The Balaban J connectivity index is 3.17. The standard InChI is InChI=1S/C11H16O6/c1-10(8(14)15)4-3-6(7(12)13)5-11(10,2)9(16)17/h6H,3-5H2,1-2H3,(H,12,13)(H,14,15)(H,16,17). The second kappa shape index (κ2) is 4.01. The number of hydrogen-bond acceptors (Lipinski definition) is 3. The second-order valence-electron chi connectivity index (χ2n) is 5.05. The Labute approximate surface area is 98.3 Å². The highest BCUT2D eigenvalue weighted by atomic mass is 16.4. The summed E-state index contributed by atoms with van der Waals surface area (Å²) in [6.45, 7) is 2.69. The Kier molecular flexibility index (Phi) is 3.18. The van der Waals surface area contributed by atoms with Crippen LogP contribution in [0.4, 0.5) is 0 Å². The van der Waals surface area contributed by atoms with Gasteiger partial charge in [0.05, 0.1) is 16.7 Å². The van der Waals surface area contributed by atoms with Crippen molar-refractivity contribution in [1.82, 2.24) is 0 Å². The largest absolute Gasteiger partial charge is 0.481 e. The van der Waals surface area contributed by atoms with Crippen molar-refractivity contribution in [1.29, 1.82) is 0 Å². The molecule has 0 aromatic carbocycles. The number of rotatable bonds is 3. The first-order chi connectivity index (χ1) is 7.65. The van der Waals surface area contributed by atoms with Crippen molar-refractivity contribution in [2.45, 2.75) is 33.1 Å². The van der Waals surface area contributed by atoms with Crippen LogP contribution in [0.1, 0.15) is 33.1 Å². The van der Waals surface area contributed by atoms with Crippen LogP contribution in [0.5, 0.6) is 0 Å². The number of carbonyl (C=O) groups is 3. The van der Waals surface area contributed by atoms with Crippen LogP contribution in [0, 0.1) is 16.7 Å². The van der Waals surface area contributed by atoms with Gasteiger partial charge >= 0.3 is 17.9 Å². The molecule has 0 aliphatic heterocycles. The fourth-order valence-corrected chi connectivity index (χ4v) is 2.44. The van der Waals surface area contributed by atoms with E-state index >= 15 is 0 Å². The molecular weight excluding hydrogens is 228 g/mol. The van der Waals surface area contributed by atoms with Crippen LogP contribution in [-0.4, -0.2) is 33.2 Å². The van der Waals surface area contributed by atoms with Crippen LogP contribution in [0.25, 0.3) is 0 Å². The molecule has 0 bridgehead atoms. The molecule has 3 N–H and O–H groups in total. The fourth-order valence-electron chi connectivity index (χ4n) is 2.44. The van der Waals surface area contributed by atoms with E-state index in [1.54, 1.807) is 0 Å². The Bertz CT molecular complexity index is 376. The number of carboxylic acids is 3. The zero-order valence-corrected chi connectivity index (χ0v) is 9.77. The first-order valence-corrected chi connectivity index (χ1v) is 5.35. The summed E-state index contributed by atoms with van der Waals surface area (Å²) in [5.41, 5.74) is -2.98. The van der Waals surface area contributed by atoms with Gasteiger partial charge in [0.2, 0.25) is 0 Å². The lowest BCUT2D eigenvalue weighted by atomic mass is 9.55. The third-order valence-electron chi connectivity index (χ3n) is 4.16. The van der Waals surface area contributed by atoms with Crippen molar-refractivity contribution in [3.63, 3.8) is 0 Å². The average molecular weight is 244 g/mol. The van der Waals surface area contributed by atoms with E-state index in [4.69, 9.17) is 5.11 Å². The van der Waals surface area contributed by atoms with Gasteiger partial charge in [0.25, 0.3) is 0 Å². The van der Waals surface area contributed by atoms with Crippen LogP contribution in [0.15, 0.2) is 0 Å². The van der Waals surface area contributed by atoms with Gasteiger partial charge < -0.3 is 15.3 Å². The molecule has 1 aliphatic rings. The van der Waals surface area contributed by atoms with Gasteiger partial charge in [-0.3, -0.25) is 14.4 Å². The first kappa shape index (κ1) is 13.5. The predicted octanol–water partition coefficient (Wildman–Crippen LogP) is 1.05. The summed E-state index contributed by atoms with van der Waals surface area (Å²) in [5.74, 6) is -4.30. The second-order valence-corrected chi connectivity index (χ2v) is 5.05. The van der Waals surface area contributed by atoms with Gasteiger partial charge in [0.1, 0.15) is 0 Å². The molecule has 17 heavy (non-hydrogen) atoms. The zero-order valence-electron chi connectivity index (χ0n) is 9.77. The minimum atomic E-state index is -1.56. The maximum Gasteiger partial charge on any atom is 0.310 e. The van der Waals surface area contributed by atoms with E-state index in [1.165, 1.54) is 13.8 Å². The topological polar surface area (TPSA) is 112 Å². The van der Waals surface area contributed by atoms with Gasteiger partial charge in [-0.15, -0.1) is 0 Å². The minimum Gasteiger partial charge on any atom is -0.481 e. The molecule has 0 spiro atoms. The lowest BCUT2D eigenvalue weighted by molar-refractivity contribution is -0.180. The van der Waals surface area contributed by atoms with Crippen LogP contribution < -0.4 is 0 Å². The molecule has 0 heterocycles. The Hall–Kier alpha value is -1.59. The van der Waals surface area contributed by atoms with Gasteiger partial charge in [-0.1, -0.05) is 0 Å². The third-order valence-corrected chi connectivity index (χ3v) is 4.16. The lowest BCUT2D eigenvalue weighted by Gasteiger charge is -2.45. The summed E-state index contributed by atoms with van der Waals surface area (Å²) in [6.07, 6.45) is 0.101. The van der Waals surface area contributed by atoms with Gasteiger partial charge in [-0.25, -0.2) is 0 Å². The van der Waals surface area contributed by atoms with E-state index in [1.807, 2.05) is 0 Å². The molecule has 1 saturated carbocycles. The van der Waals surface area contributed by atoms with Gasteiger partial charge in [-0.2, -0.15) is 0 Å². The van der Waals surface area contributed by atoms with Crippen molar-refractivity contribution < 1.29 is 29.7 Å². The highest BCUT2D eigenvalue weighted by Crippen LogP contribution is 2.52. The van der Waals surface area contributed by atoms with Crippen molar-refractivity contribution in [3.8, 4) is 0 Å². The van der Waals surface area contributed by atoms with Crippen molar-refractivity contribution in [2.75, 3.05) is 0 Å². The molecule has 1 rings (SSSR count). The van der Waals surface area contributed by atoms with Crippen LogP contribution in [-0.2, 0) is 14.4 Å². The maximum atomic E-state index is 11.3. The molecule has 3 atom stereocenters. The normalized spacial score (nSPS) is 37.4. The average Bonchev–Trinajstić information content (AvgIpc) is 2.21. The van der Waals surface area contributed by atoms with E-state index < -0.39 is 34.7 Å². The van der Waals surface area contributed by atoms with Gasteiger partial charge in [0.15, 0.2) is 0 Å². The Morgan fingerprint density at radius 2 is 1.47 bits per heavy atom. The summed E-state index contributed by atoms with van der Waals surface area (Å²) in [5, 5.41) is 27.3. The highest BCUT2D eigenvalue weighted by Gasteiger charge is 2.59. The van der Waals surface area contributed by atoms with E-state index in [9.17, 15) is 24.6 Å². The van der Waals surface area contributed by atoms with Gasteiger partial charge in [-0.05, 0) is 33.1 Å². The quantitative estimate of drug-likeness (QED) is 0.684. The summed E-state index contributed by atoms with van der Waals surface area (Å²) in [7, 11) is 0. The van der Waals surface area contributed by atoms with E-state index in [0.29, 0.717) is 0 Å². The molecule has 0 aromatic heterocycles. The minimum absolute atomic E-state index is 0.0576. The molecule has 0 radical (unpaired) electrons. The van der Waals surface area contributed by atoms with Crippen LogP contribution in [0.2, 0.25) is 0 Å². The van der Waals surface area contributed by atoms with E-state index in [2.05, 4.69) is 0 Å². The molecule has 1 fully saturated rings. The molecule has 6 heteroatoms. The zero-order chi connectivity index (χ0) is 13.4. The molecule has 6 nitrogen and oxygen atoms in total. The first-order valence-electron chi connectivity index (χ1n) is 5.35. The van der Waals surface area contributed by atoms with E-state index in [-0.39, 0.29) is 19.3 Å². The molecule has 0 amide bonds. The molecule has 0 aromatic rings. The maximum absolute atomic E-state index is 11.3. The summed E-state index contributed by atoms with van der Waals surface area (Å²) in [4.78, 5) is 33.5. The van der Waals surface area contributed by atoms with Crippen LogP contribution in [0.3, 0.4) is 0 Å². The lowest BCUT2D eigenvalue weighted by Crippen LogP contribution is -2.53. The van der Waals surface area contributed by atoms with E-state index in [0.717, 1.165) is 0 Å².